The quantitative estimate of drug-likeness (QED) is 0.737. The van der Waals surface area contributed by atoms with Gasteiger partial charge in [-0.2, -0.15) is 0 Å². The summed E-state index contributed by atoms with van der Waals surface area (Å²) in [6, 6.07) is 6.12. The SMILES string of the molecule is c1csc(-c2cc(CN3CCn4c(nnc4C4CC4)C3)no2)c1. The van der Waals surface area contributed by atoms with Gasteiger partial charge >= 0.3 is 0 Å². The lowest BCUT2D eigenvalue weighted by atomic mass is 10.2. The van der Waals surface area contributed by atoms with Crippen molar-refractivity contribution in [1.29, 1.82) is 0 Å². The number of hydrogen-bond acceptors (Lipinski definition) is 6. The van der Waals surface area contributed by atoms with E-state index in [2.05, 4.69) is 30.9 Å². The number of fused-ring (bicyclic) bond motifs is 1. The van der Waals surface area contributed by atoms with E-state index in [1.807, 2.05) is 17.5 Å². The van der Waals surface area contributed by atoms with Crippen molar-refractivity contribution in [2.45, 2.75) is 38.4 Å². The topological polar surface area (TPSA) is 60.0 Å². The molecule has 0 aromatic carbocycles. The summed E-state index contributed by atoms with van der Waals surface area (Å²) in [4.78, 5) is 3.48. The highest BCUT2D eigenvalue weighted by Gasteiger charge is 2.32. The molecule has 118 valence electrons. The molecule has 0 bridgehead atoms. The Hall–Kier alpha value is -1.99. The zero-order chi connectivity index (χ0) is 15.2. The van der Waals surface area contributed by atoms with Crippen LogP contribution in [0.25, 0.3) is 10.6 Å². The van der Waals surface area contributed by atoms with Crippen LogP contribution in [0.1, 0.15) is 36.1 Å². The van der Waals surface area contributed by atoms with Crippen LogP contribution < -0.4 is 0 Å². The molecule has 1 fully saturated rings. The van der Waals surface area contributed by atoms with E-state index in [1.54, 1.807) is 11.3 Å². The number of aromatic nitrogens is 4. The maximum Gasteiger partial charge on any atom is 0.177 e. The fourth-order valence-electron chi connectivity index (χ4n) is 3.16. The van der Waals surface area contributed by atoms with E-state index in [0.717, 1.165) is 48.3 Å². The lowest BCUT2D eigenvalue weighted by Crippen LogP contribution is -2.34. The molecule has 23 heavy (non-hydrogen) atoms. The molecule has 2 aliphatic rings. The highest BCUT2D eigenvalue weighted by atomic mass is 32.1. The van der Waals surface area contributed by atoms with Gasteiger partial charge in [-0.3, -0.25) is 4.90 Å². The van der Waals surface area contributed by atoms with E-state index < -0.39 is 0 Å². The Morgan fingerprint density at radius 2 is 2.22 bits per heavy atom. The van der Waals surface area contributed by atoms with Gasteiger partial charge in [0.2, 0.25) is 0 Å². The van der Waals surface area contributed by atoms with Crippen LogP contribution in [-0.2, 0) is 19.6 Å². The van der Waals surface area contributed by atoms with Crippen molar-refractivity contribution in [3.05, 3.63) is 40.9 Å². The van der Waals surface area contributed by atoms with Crippen LogP contribution in [0.5, 0.6) is 0 Å². The third kappa shape index (κ3) is 2.49. The molecule has 1 saturated carbocycles. The zero-order valence-electron chi connectivity index (χ0n) is 12.7. The minimum absolute atomic E-state index is 0.659. The highest BCUT2D eigenvalue weighted by molar-refractivity contribution is 7.13. The number of nitrogens with zero attached hydrogens (tertiary/aromatic N) is 5. The van der Waals surface area contributed by atoms with Gasteiger partial charge < -0.3 is 9.09 Å². The molecule has 0 amide bonds. The van der Waals surface area contributed by atoms with E-state index >= 15 is 0 Å². The van der Waals surface area contributed by atoms with Gasteiger partial charge in [0.05, 0.1) is 17.1 Å². The van der Waals surface area contributed by atoms with Crippen molar-refractivity contribution >= 4 is 11.3 Å². The molecule has 5 rings (SSSR count). The van der Waals surface area contributed by atoms with Crippen LogP contribution in [0, 0.1) is 0 Å². The van der Waals surface area contributed by atoms with Gasteiger partial charge in [-0.15, -0.1) is 21.5 Å². The van der Waals surface area contributed by atoms with Gasteiger partial charge in [-0.25, -0.2) is 0 Å². The summed E-state index contributed by atoms with van der Waals surface area (Å²) in [5.74, 6) is 3.79. The first-order valence-electron chi connectivity index (χ1n) is 8.00. The summed E-state index contributed by atoms with van der Waals surface area (Å²) in [5.41, 5.74) is 0.976. The van der Waals surface area contributed by atoms with Crippen molar-refractivity contribution in [1.82, 2.24) is 24.8 Å². The Morgan fingerprint density at radius 3 is 3.04 bits per heavy atom. The minimum atomic E-state index is 0.659. The Balaban J connectivity index is 1.30. The Kier molecular flexibility index (Phi) is 3.09. The second-order valence-corrected chi connectivity index (χ2v) is 7.22. The van der Waals surface area contributed by atoms with Crippen molar-refractivity contribution in [2.24, 2.45) is 0 Å². The van der Waals surface area contributed by atoms with E-state index in [-0.39, 0.29) is 0 Å². The van der Waals surface area contributed by atoms with E-state index in [4.69, 9.17) is 4.52 Å². The van der Waals surface area contributed by atoms with Crippen LogP contribution in [0.4, 0.5) is 0 Å². The Labute approximate surface area is 137 Å². The van der Waals surface area contributed by atoms with Crippen LogP contribution in [0.15, 0.2) is 28.1 Å². The zero-order valence-corrected chi connectivity index (χ0v) is 13.5. The van der Waals surface area contributed by atoms with Crippen molar-refractivity contribution in [3.63, 3.8) is 0 Å². The highest BCUT2D eigenvalue weighted by Crippen LogP contribution is 2.39. The molecule has 7 heteroatoms. The maximum atomic E-state index is 5.46. The Bertz CT molecular complexity index is 818. The molecule has 0 N–H and O–H groups in total. The molecular weight excluding hydrogens is 310 g/mol. The summed E-state index contributed by atoms with van der Waals surface area (Å²) in [5, 5.41) is 15.0. The molecule has 0 unspecified atom stereocenters. The summed E-state index contributed by atoms with van der Waals surface area (Å²) >= 11 is 1.67. The molecule has 3 aromatic heterocycles. The van der Waals surface area contributed by atoms with Crippen LogP contribution in [-0.4, -0.2) is 31.4 Å². The van der Waals surface area contributed by atoms with E-state index in [1.165, 1.54) is 18.7 Å². The van der Waals surface area contributed by atoms with Gasteiger partial charge in [0, 0.05) is 31.6 Å². The molecule has 0 spiro atoms. The lowest BCUT2D eigenvalue weighted by Gasteiger charge is -2.26. The average Bonchev–Trinajstić information content (AvgIpc) is 2.99. The summed E-state index contributed by atoms with van der Waals surface area (Å²) in [7, 11) is 0. The molecule has 0 saturated heterocycles. The predicted molar refractivity (Wildman–Crippen MR) is 85.9 cm³/mol. The molecule has 0 atom stereocenters. The second-order valence-electron chi connectivity index (χ2n) is 6.27. The van der Waals surface area contributed by atoms with Crippen molar-refractivity contribution < 1.29 is 4.52 Å². The molecule has 3 aromatic rings. The number of rotatable bonds is 4. The average molecular weight is 327 g/mol. The van der Waals surface area contributed by atoms with Crippen molar-refractivity contribution in [3.8, 4) is 10.6 Å². The fourth-order valence-corrected chi connectivity index (χ4v) is 3.83. The third-order valence-corrected chi connectivity index (χ3v) is 5.40. The van der Waals surface area contributed by atoms with Crippen LogP contribution >= 0.6 is 11.3 Å². The molecule has 4 heterocycles. The van der Waals surface area contributed by atoms with E-state index in [0.29, 0.717) is 5.92 Å². The molecule has 1 aliphatic carbocycles. The third-order valence-electron chi connectivity index (χ3n) is 4.51. The first kappa shape index (κ1) is 13.4. The van der Waals surface area contributed by atoms with Crippen molar-refractivity contribution in [2.75, 3.05) is 6.54 Å². The first-order chi connectivity index (χ1) is 11.4. The Morgan fingerprint density at radius 1 is 1.26 bits per heavy atom. The van der Waals surface area contributed by atoms with Gasteiger partial charge in [-0.1, -0.05) is 11.2 Å². The molecular formula is C16H17N5OS. The summed E-state index contributed by atoms with van der Waals surface area (Å²) in [6.45, 7) is 3.61. The molecule has 6 nitrogen and oxygen atoms in total. The predicted octanol–water partition coefficient (Wildman–Crippen LogP) is 2.89. The largest absolute Gasteiger partial charge is 0.355 e. The molecule has 0 radical (unpaired) electrons. The minimum Gasteiger partial charge on any atom is -0.355 e. The van der Waals surface area contributed by atoms with Gasteiger partial charge in [0.1, 0.15) is 11.6 Å². The number of thiophene rings is 1. The second kappa shape index (κ2) is 5.28. The summed E-state index contributed by atoms with van der Waals surface area (Å²) < 4.78 is 7.78. The summed E-state index contributed by atoms with van der Waals surface area (Å²) in [6.07, 6.45) is 2.54. The van der Waals surface area contributed by atoms with Crippen LogP contribution in [0.3, 0.4) is 0 Å². The monoisotopic (exact) mass is 327 g/mol. The molecule has 1 aliphatic heterocycles. The number of hydrogen-bond donors (Lipinski definition) is 0. The van der Waals surface area contributed by atoms with E-state index in [9.17, 15) is 0 Å². The normalized spacial score (nSPS) is 18.3. The first-order valence-corrected chi connectivity index (χ1v) is 8.88. The standard InChI is InChI=1S/C16H17N5OS/c1-2-14(23-7-1)13-8-12(19-22-13)9-20-5-6-21-15(10-20)17-18-16(21)11-3-4-11/h1-2,7-8,11H,3-6,9-10H2. The lowest BCUT2D eigenvalue weighted by molar-refractivity contribution is 0.202. The van der Waals surface area contributed by atoms with Gasteiger partial charge in [0.15, 0.2) is 5.76 Å². The fraction of sp³-hybridized carbons (Fsp3) is 0.438. The van der Waals surface area contributed by atoms with Gasteiger partial charge in [0.25, 0.3) is 0 Å². The van der Waals surface area contributed by atoms with Gasteiger partial charge in [-0.05, 0) is 24.3 Å². The smallest absolute Gasteiger partial charge is 0.177 e. The van der Waals surface area contributed by atoms with Crippen LogP contribution in [0.2, 0.25) is 0 Å². The maximum absolute atomic E-state index is 5.46.